The molecule has 4 aromatic rings. The lowest BCUT2D eigenvalue weighted by molar-refractivity contribution is 0.441. The normalized spacial score (nSPS) is 11.2. The molecule has 3 aromatic carbocycles. The average Bonchev–Trinajstić information content (AvgIpc) is 2.91. The van der Waals surface area contributed by atoms with Crippen LogP contribution in [0.1, 0.15) is 0 Å². The lowest BCUT2D eigenvalue weighted by atomic mass is 10.0. The highest BCUT2D eigenvalue weighted by atomic mass is 16.5. The number of rotatable bonds is 1. The summed E-state index contributed by atoms with van der Waals surface area (Å²) in [6.45, 7) is 0. The van der Waals surface area contributed by atoms with Crippen LogP contribution in [0.4, 0.5) is 0 Å². The van der Waals surface area contributed by atoms with Crippen molar-refractivity contribution in [2.45, 2.75) is 0 Å². The molecule has 1 heterocycles. The minimum Gasteiger partial charge on any atom is -0.355 e. The average molecular weight is 245 g/mol. The van der Waals surface area contributed by atoms with Crippen LogP contribution in [0.15, 0.2) is 71.3 Å². The molecule has 0 fully saturated rings. The van der Waals surface area contributed by atoms with E-state index in [1.54, 1.807) is 0 Å². The molecule has 0 amide bonds. The Morgan fingerprint density at radius 3 is 2.47 bits per heavy atom. The number of aromatic nitrogens is 1. The largest absolute Gasteiger partial charge is 0.355 e. The van der Waals surface area contributed by atoms with Crippen molar-refractivity contribution in [3.8, 4) is 11.3 Å². The van der Waals surface area contributed by atoms with Gasteiger partial charge in [0.15, 0.2) is 5.76 Å². The molecular formula is C17H11NO. The van der Waals surface area contributed by atoms with E-state index in [1.807, 2.05) is 36.4 Å². The van der Waals surface area contributed by atoms with Crippen LogP contribution in [-0.4, -0.2) is 5.16 Å². The molecule has 0 N–H and O–H groups in total. The summed E-state index contributed by atoms with van der Waals surface area (Å²) in [6, 6.07) is 22.6. The van der Waals surface area contributed by atoms with Gasteiger partial charge in [0.2, 0.25) is 0 Å². The van der Waals surface area contributed by atoms with Gasteiger partial charge in [0.05, 0.1) is 0 Å². The Hall–Kier alpha value is -2.61. The van der Waals surface area contributed by atoms with Gasteiger partial charge in [-0.3, -0.25) is 0 Å². The van der Waals surface area contributed by atoms with Crippen LogP contribution in [-0.2, 0) is 0 Å². The first-order valence-corrected chi connectivity index (χ1v) is 6.25. The van der Waals surface area contributed by atoms with Crippen LogP contribution in [0.3, 0.4) is 0 Å². The van der Waals surface area contributed by atoms with Crippen molar-refractivity contribution >= 4 is 21.7 Å². The van der Waals surface area contributed by atoms with E-state index in [-0.39, 0.29) is 0 Å². The molecule has 0 saturated carbocycles. The molecule has 0 aliphatic rings. The molecule has 0 saturated heterocycles. The second-order valence-electron chi connectivity index (χ2n) is 4.59. The van der Waals surface area contributed by atoms with Crippen LogP contribution >= 0.6 is 0 Å². The fourth-order valence-corrected chi connectivity index (χ4v) is 2.43. The van der Waals surface area contributed by atoms with E-state index in [2.05, 4.69) is 35.5 Å². The van der Waals surface area contributed by atoms with Crippen molar-refractivity contribution in [3.05, 3.63) is 66.7 Å². The molecule has 0 aliphatic heterocycles. The Morgan fingerprint density at radius 1 is 0.737 bits per heavy atom. The van der Waals surface area contributed by atoms with Gasteiger partial charge in [0, 0.05) is 10.9 Å². The third-order valence-electron chi connectivity index (χ3n) is 3.40. The Bertz CT molecular complexity index is 876. The van der Waals surface area contributed by atoms with Gasteiger partial charge in [-0.15, -0.1) is 0 Å². The molecule has 1 aromatic heterocycles. The predicted octanol–water partition coefficient (Wildman–Crippen LogP) is 4.65. The second kappa shape index (κ2) is 3.95. The van der Waals surface area contributed by atoms with Crippen LogP contribution in [0.2, 0.25) is 0 Å². The summed E-state index contributed by atoms with van der Waals surface area (Å²) in [5.41, 5.74) is 1.96. The maximum absolute atomic E-state index is 5.50. The van der Waals surface area contributed by atoms with Gasteiger partial charge in [-0.25, -0.2) is 0 Å². The number of hydrogen-bond donors (Lipinski definition) is 0. The lowest BCUT2D eigenvalue weighted by Crippen LogP contribution is -1.77. The zero-order valence-corrected chi connectivity index (χ0v) is 10.2. The topological polar surface area (TPSA) is 26.0 Å². The van der Waals surface area contributed by atoms with Crippen molar-refractivity contribution < 1.29 is 4.52 Å². The third kappa shape index (κ3) is 1.61. The molecule has 0 radical (unpaired) electrons. The van der Waals surface area contributed by atoms with Gasteiger partial charge in [-0.05, 0) is 29.0 Å². The predicted molar refractivity (Wildman–Crippen MR) is 77.0 cm³/mol. The summed E-state index contributed by atoms with van der Waals surface area (Å²) in [4.78, 5) is 0. The summed E-state index contributed by atoms with van der Waals surface area (Å²) in [5, 5.41) is 7.59. The maximum Gasteiger partial charge on any atom is 0.174 e. The first-order valence-electron chi connectivity index (χ1n) is 6.25. The number of benzene rings is 3. The number of hydrogen-bond acceptors (Lipinski definition) is 2. The van der Waals surface area contributed by atoms with E-state index in [9.17, 15) is 0 Å². The van der Waals surface area contributed by atoms with E-state index in [1.165, 1.54) is 10.8 Å². The zero-order valence-electron chi connectivity index (χ0n) is 10.2. The molecule has 0 bridgehead atoms. The van der Waals surface area contributed by atoms with Crippen LogP contribution in [0, 0.1) is 0 Å². The summed E-state index contributed by atoms with van der Waals surface area (Å²) in [6.07, 6.45) is 0. The number of fused-ring (bicyclic) bond motifs is 2. The fourth-order valence-electron chi connectivity index (χ4n) is 2.43. The van der Waals surface area contributed by atoms with Gasteiger partial charge in [-0.1, -0.05) is 53.7 Å². The molecular weight excluding hydrogens is 234 g/mol. The zero-order chi connectivity index (χ0) is 12.7. The van der Waals surface area contributed by atoms with Gasteiger partial charge in [0.25, 0.3) is 0 Å². The molecule has 2 heteroatoms. The van der Waals surface area contributed by atoms with Gasteiger partial charge >= 0.3 is 0 Å². The Balaban J connectivity index is 1.99. The van der Waals surface area contributed by atoms with Crippen LogP contribution in [0.25, 0.3) is 33.0 Å². The minimum absolute atomic E-state index is 0.835. The molecule has 4 rings (SSSR count). The van der Waals surface area contributed by atoms with E-state index in [0.717, 1.165) is 22.2 Å². The van der Waals surface area contributed by atoms with Crippen LogP contribution in [0.5, 0.6) is 0 Å². The van der Waals surface area contributed by atoms with Crippen molar-refractivity contribution in [1.29, 1.82) is 0 Å². The number of nitrogens with zero attached hydrogens (tertiary/aromatic N) is 1. The summed E-state index contributed by atoms with van der Waals surface area (Å²) in [7, 11) is 0. The molecule has 19 heavy (non-hydrogen) atoms. The van der Waals surface area contributed by atoms with Gasteiger partial charge < -0.3 is 4.52 Å². The van der Waals surface area contributed by atoms with E-state index < -0.39 is 0 Å². The van der Waals surface area contributed by atoms with Crippen molar-refractivity contribution in [1.82, 2.24) is 5.16 Å². The highest BCUT2D eigenvalue weighted by Crippen LogP contribution is 2.30. The second-order valence-corrected chi connectivity index (χ2v) is 4.59. The van der Waals surface area contributed by atoms with Crippen molar-refractivity contribution in [3.63, 3.8) is 0 Å². The lowest BCUT2D eigenvalue weighted by Gasteiger charge is -2.00. The first kappa shape index (κ1) is 10.3. The Morgan fingerprint density at radius 2 is 1.53 bits per heavy atom. The summed E-state index contributed by atoms with van der Waals surface area (Å²) >= 11 is 0. The Labute approximate surface area is 110 Å². The van der Waals surface area contributed by atoms with Crippen molar-refractivity contribution in [2.24, 2.45) is 0 Å². The summed E-state index contributed by atoms with van der Waals surface area (Å²) in [5.74, 6) is 0.835. The first-order chi connectivity index (χ1) is 9.42. The highest BCUT2D eigenvalue weighted by Gasteiger charge is 2.10. The third-order valence-corrected chi connectivity index (χ3v) is 3.40. The highest BCUT2D eigenvalue weighted by molar-refractivity contribution is 5.94. The molecule has 0 spiro atoms. The summed E-state index contributed by atoms with van der Waals surface area (Å²) < 4.78 is 5.50. The van der Waals surface area contributed by atoms with E-state index >= 15 is 0 Å². The molecule has 0 atom stereocenters. The minimum atomic E-state index is 0.835. The van der Waals surface area contributed by atoms with Gasteiger partial charge in [0.1, 0.15) is 5.52 Å². The van der Waals surface area contributed by atoms with E-state index in [4.69, 9.17) is 4.52 Å². The smallest absolute Gasteiger partial charge is 0.174 e. The standard InChI is InChI=1S/C17H11NO/c1-2-6-13-11-14(10-9-12(13)5-1)17-15-7-3-4-8-16(15)18-19-17/h1-11H. The molecule has 0 unspecified atom stereocenters. The van der Waals surface area contributed by atoms with E-state index in [0.29, 0.717) is 0 Å². The van der Waals surface area contributed by atoms with Crippen LogP contribution < -0.4 is 0 Å². The quantitative estimate of drug-likeness (QED) is 0.488. The SMILES string of the molecule is c1ccc2cc(-c3onc4ccccc34)ccc2c1. The maximum atomic E-state index is 5.50. The molecule has 90 valence electrons. The Kier molecular flexibility index (Phi) is 2.15. The molecule has 0 aliphatic carbocycles. The fraction of sp³-hybridized carbons (Fsp3) is 0. The monoisotopic (exact) mass is 245 g/mol. The molecule has 2 nitrogen and oxygen atoms in total. The van der Waals surface area contributed by atoms with Gasteiger partial charge in [-0.2, -0.15) is 0 Å². The van der Waals surface area contributed by atoms with Crippen molar-refractivity contribution in [2.75, 3.05) is 0 Å².